The molecule has 1 saturated heterocycles. The van der Waals surface area contributed by atoms with Crippen molar-refractivity contribution < 1.29 is 28.7 Å². The van der Waals surface area contributed by atoms with Crippen molar-refractivity contribution in [2.75, 3.05) is 13.1 Å². The summed E-state index contributed by atoms with van der Waals surface area (Å²) in [6, 6.07) is -2.85. The number of rotatable bonds is 9. The van der Waals surface area contributed by atoms with E-state index in [2.05, 4.69) is 36.4 Å². The predicted octanol–water partition coefficient (Wildman–Crippen LogP) is 3.20. The Balaban J connectivity index is 2.36. The summed E-state index contributed by atoms with van der Waals surface area (Å²) in [5.41, 5.74) is -1.96. The second-order valence-electron chi connectivity index (χ2n) is 15.0. The van der Waals surface area contributed by atoms with E-state index in [0.717, 1.165) is 0 Å². The van der Waals surface area contributed by atoms with Crippen LogP contribution in [0.3, 0.4) is 0 Å². The van der Waals surface area contributed by atoms with E-state index in [-0.39, 0.29) is 41.5 Å². The van der Waals surface area contributed by atoms with E-state index in [1.807, 2.05) is 41.5 Å². The zero-order chi connectivity index (χ0) is 31.0. The summed E-state index contributed by atoms with van der Waals surface area (Å²) in [6.07, 6.45) is 0.992. The molecule has 5 atom stereocenters. The van der Waals surface area contributed by atoms with E-state index in [0.29, 0.717) is 6.54 Å². The number of carbonyl (C=O) groups excluding carboxylic acids is 5. The number of likely N-dealkylation sites (tertiary alicyclic amines) is 1. The average molecular weight is 563 g/mol. The highest BCUT2D eigenvalue weighted by Crippen LogP contribution is 2.65. The molecule has 0 radical (unpaired) electrons. The van der Waals surface area contributed by atoms with Gasteiger partial charge in [-0.2, -0.15) is 0 Å². The molecule has 2 unspecified atom stereocenters. The first-order valence-electron chi connectivity index (χ1n) is 14.0. The summed E-state index contributed by atoms with van der Waals surface area (Å²) in [5, 5.41) is 8.04. The molecule has 0 aromatic heterocycles. The van der Waals surface area contributed by atoms with Crippen LogP contribution in [0.25, 0.3) is 0 Å². The number of hydrogen-bond donors (Lipinski definition) is 3. The summed E-state index contributed by atoms with van der Waals surface area (Å²) < 4.78 is 5.41. The Morgan fingerprint density at radius 2 is 1.57 bits per heavy atom. The van der Waals surface area contributed by atoms with Crippen LogP contribution < -0.4 is 16.0 Å². The van der Waals surface area contributed by atoms with Crippen LogP contribution in [0.5, 0.6) is 0 Å². The second-order valence-corrected chi connectivity index (χ2v) is 15.0. The Labute approximate surface area is 239 Å². The third kappa shape index (κ3) is 8.07. The minimum absolute atomic E-state index is 0.0991. The van der Waals surface area contributed by atoms with Gasteiger partial charge in [-0.25, -0.2) is 4.79 Å². The fourth-order valence-electron chi connectivity index (χ4n) is 5.54. The highest BCUT2D eigenvalue weighted by molar-refractivity contribution is 6.38. The van der Waals surface area contributed by atoms with Gasteiger partial charge in [-0.05, 0) is 55.3 Å². The predicted molar refractivity (Wildman–Crippen MR) is 153 cm³/mol. The van der Waals surface area contributed by atoms with Crippen molar-refractivity contribution in [3.63, 3.8) is 0 Å². The number of fused-ring (bicyclic) bond motifs is 1. The third-order valence-corrected chi connectivity index (χ3v) is 7.61. The quantitative estimate of drug-likeness (QED) is 0.292. The van der Waals surface area contributed by atoms with E-state index in [9.17, 15) is 24.0 Å². The van der Waals surface area contributed by atoms with Gasteiger partial charge in [0.25, 0.3) is 5.91 Å². The van der Waals surface area contributed by atoms with Crippen molar-refractivity contribution in [3.05, 3.63) is 12.7 Å². The summed E-state index contributed by atoms with van der Waals surface area (Å²) in [4.78, 5) is 67.7. The number of ether oxygens (including phenoxy) is 1. The SMILES string of the molecule is C=CCNC(=O)C(=O)C(CC(C)(C)C)NC(=O)[C@@H]1[C@@H]2C(CN1C(=O)[C@@H](NC(=O)OC(C)(C)C)C(C)(C)C)C2(C)C. The van der Waals surface area contributed by atoms with Crippen LogP contribution in [-0.2, 0) is 23.9 Å². The minimum atomic E-state index is -1.06. The Hall–Kier alpha value is -2.91. The molecule has 3 N–H and O–H groups in total. The molecule has 10 heteroatoms. The molecular formula is C30H50N4O6. The molecule has 4 amide bonds. The van der Waals surface area contributed by atoms with E-state index in [4.69, 9.17) is 4.74 Å². The normalized spacial score (nSPS) is 23.3. The zero-order valence-corrected chi connectivity index (χ0v) is 26.2. The van der Waals surface area contributed by atoms with Gasteiger partial charge in [0.15, 0.2) is 0 Å². The lowest BCUT2D eigenvalue weighted by Crippen LogP contribution is -2.61. The monoisotopic (exact) mass is 562 g/mol. The molecule has 0 spiro atoms. The van der Waals surface area contributed by atoms with Crippen LogP contribution in [0.4, 0.5) is 4.79 Å². The number of ketones is 1. The highest BCUT2D eigenvalue weighted by atomic mass is 16.6. The number of nitrogens with zero attached hydrogens (tertiary/aromatic N) is 1. The Morgan fingerprint density at radius 3 is 2.05 bits per heavy atom. The molecule has 1 heterocycles. The number of alkyl carbamates (subject to hydrolysis) is 1. The minimum Gasteiger partial charge on any atom is -0.444 e. The molecule has 1 aliphatic heterocycles. The Kier molecular flexibility index (Phi) is 9.60. The molecule has 2 fully saturated rings. The van der Waals surface area contributed by atoms with Crippen molar-refractivity contribution in [2.24, 2.45) is 28.1 Å². The molecule has 226 valence electrons. The summed E-state index contributed by atoms with van der Waals surface area (Å²) in [6.45, 7) is 24.6. The second kappa shape index (κ2) is 11.5. The molecule has 2 aliphatic rings. The van der Waals surface area contributed by atoms with Gasteiger partial charge in [0.1, 0.15) is 17.7 Å². The van der Waals surface area contributed by atoms with Gasteiger partial charge >= 0.3 is 6.09 Å². The van der Waals surface area contributed by atoms with Crippen molar-refractivity contribution in [3.8, 4) is 0 Å². The molecule has 0 aromatic rings. The summed E-state index contributed by atoms with van der Waals surface area (Å²) in [7, 11) is 0. The summed E-state index contributed by atoms with van der Waals surface area (Å²) in [5.74, 6) is -2.42. The maximum atomic E-state index is 14.0. The van der Waals surface area contributed by atoms with Crippen LogP contribution in [-0.4, -0.2) is 71.3 Å². The van der Waals surface area contributed by atoms with Gasteiger partial charge < -0.3 is 25.6 Å². The maximum Gasteiger partial charge on any atom is 0.408 e. The van der Waals surface area contributed by atoms with Crippen LogP contribution in [0.15, 0.2) is 12.7 Å². The van der Waals surface area contributed by atoms with E-state index >= 15 is 0 Å². The fourth-order valence-corrected chi connectivity index (χ4v) is 5.54. The van der Waals surface area contributed by atoms with E-state index in [1.165, 1.54) is 11.0 Å². The van der Waals surface area contributed by atoms with Crippen molar-refractivity contribution in [1.82, 2.24) is 20.9 Å². The Morgan fingerprint density at radius 1 is 1.00 bits per heavy atom. The van der Waals surface area contributed by atoms with Gasteiger partial charge in [-0.3, -0.25) is 19.2 Å². The largest absolute Gasteiger partial charge is 0.444 e. The van der Waals surface area contributed by atoms with Crippen LogP contribution >= 0.6 is 0 Å². The molecule has 1 aliphatic carbocycles. The number of piperidine rings is 1. The van der Waals surface area contributed by atoms with Crippen molar-refractivity contribution in [2.45, 2.75) is 106 Å². The highest BCUT2D eigenvalue weighted by Gasteiger charge is 2.70. The van der Waals surface area contributed by atoms with Gasteiger partial charge in [0.2, 0.25) is 17.6 Å². The van der Waals surface area contributed by atoms with E-state index < -0.39 is 52.8 Å². The first-order chi connectivity index (χ1) is 18.0. The van der Waals surface area contributed by atoms with Gasteiger partial charge in [-0.1, -0.05) is 61.5 Å². The van der Waals surface area contributed by atoms with Gasteiger partial charge in [-0.15, -0.1) is 6.58 Å². The Bertz CT molecular complexity index is 1030. The van der Waals surface area contributed by atoms with Crippen LogP contribution in [0.1, 0.15) is 82.6 Å². The smallest absolute Gasteiger partial charge is 0.408 e. The number of hydrogen-bond acceptors (Lipinski definition) is 6. The lowest BCUT2D eigenvalue weighted by atomic mass is 9.85. The first kappa shape index (κ1) is 33.3. The lowest BCUT2D eigenvalue weighted by Gasteiger charge is -2.38. The van der Waals surface area contributed by atoms with E-state index in [1.54, 1.807) is 20.8 Å². The molecular weight excluding hydrogens is 512 g/mol. The van der Waals surface area contributed by atoms with Crippen molar-refractivity contribution >= 4 is 29.6 Å². The molecule has 0 bridgehead atoms. The molecule has 1 saturated carbocycles. The maximum absolute atomic E-state index is 14.0. The van der Waals surface area contributed by atoms with Crippen molar-refractivity contribution in [1.29, 1.82) is 0 Å². The molecule has 40 heavy (non-hydrogen) atoms. The standard InChI is InChI=1S/C30H50N4O6/c1-13-14-31-24(37)21(35)18(15-27(2,3)4)32-23(36)20-19-17(30(19,11)12)16-34(20)25(38)22(28(5,6)7)33-26(39)40-29(8,9)10/h13,17-20,22H,1,14-16H2,2-12H3,(H,31,37)(H,32,36)(H,33,39)/t17?,18?,19-,20-,22+/m0/s1. The molecule has 10 nitrogen and oxygen atoms in total. The van der Waals surface area contributed by atoms with Crippen LogP contribution in [0.2, 0.25) is 0 Å². The topological polar surface area (TPSA) is 134 Å². The average Bonchev–Trinajstić information content (AvgIpc) is 3.11. The molecule has 2 rings (SSSR count). The molecule has 0 aromatic carbocycles. The van der Waals surface area contributed by atoms with Gasteiger partial charge in [0, 0.05) is 13.1 Å². The zero-order valence-electron chi connectivity index (χ0n) is 26.2. The summed E-state index contributed by atoms with van der Waals surface area (Å²) >= 11 is 0. The van der Waals surface area contributed by atoms with Crippen LogP contribution in [0, 0.1) is 28.1 Å². The fraction of sp³-hybridized carbons (Fsp3) is 0.767. The van der Waals surface area contributed by atoms with Gasteiger partial charge in [0.05, 0.1) is 6.04 Å². The number of Topliss-reactive ketones (excluding diaryl/α,β-unsaturated/α-hetero) is 1. The first-order valence-corrected chi connectivity index (χ1v) is 14.0. The third-order valence-electron chi connectivity index (χ3n) is 7.61. The number of nitrogens with one attached hydrogen (secondary N) is 3. The number of carbonyl (C=O) groups is 5. The number of amides is 4. The lowest BCUT2D eigenvalue weighted by molar-refractivity contribution is -0.145.